The monoisotopic (exact) mass is 393 g/mol. The van der Waals surface area contributed by atoms with E-state index in [1.54, 1.807) is 27.5 Å². The van der Waals surface area contributed by atoms with E-state index in [4.69, 9.17) is 16.9 Å². The maximum Gasteiger partial charge on any atom is 0.171 e. The highest BCUT2D eigenvalue weighted by molar-refractivity contribution is 6.32. The van der Waals surface area contributed by atoms with Crippen molar-refractivity contribution in [2.24, 2.45) is 7.05 Å². The molecule has 4 rings (SSSR count). The van der Waals surface area contributed by atoms with Gasteiger partial charge in [0, 0.05) is 29.4 Å². The molecule has 28 heavy (non-hydrogen) atoms. The van der Waals surface area contributed by atoms with Crippen LogP contribution in [0.2, 0.25) is 5.15 Å². The van der Waals surface area contributed by atoms with Gasteiger partial charge in [-0.15, -0.1) is 0 Å². The fraction of sp³-hybridized carbons (Fsp3) is 0.100. The van der Waals surface area contributed by atoms with Gasteiger partial charge in [0.15, 0.2) is 6.29 Å². The highest BCUT2D eigenvalue weighted by Gasteiger charge is 2.20. The van der Waals surface area contributed by atoms with E-state index in [9.17, 15) is 9.18 Å². The number of aldehydes is 1. The van der Waals surface area contributed by atoms with Crippen molar-refractivity contribution in [3.8, 4) is 23.1 Å². The highest BCUT2D eigenvalue weighted by Crippen LogP contribution is 2.32. The number of rotatable bonds is 3. The smallest absolute Gasteiger partial charge is 0.171 e. The largest absolute Gasteiger partial charge is 0.296 e. The van der Waals surface area contributed by atoms with Crippen LogP contribution in [0.1, 0.15) is 21.7 Å². The van der Waals surface area contributed by atoms with Gasteiger partial charge in [0.25, 0.3) is 0 Å². The molecule has 8 heteroatoms. The number of hydrogen-bond acceptors (Lipinski definition) is 4. The normalized spacial score (nSPS) is 11.0. The van der Waals surface area contributed by atoms with Crippen molar-refractivity contribution in [2.75, 3.05) is 0 Å². The third-order valence-electron chi connectivity index (χ3n) is 4.68. The lowest BCUT2D eigenvalue weighted by Gasteiger charge is -2.10. The average Bonchev–Trinajstić information content (AvgIpc) is 3.17. The summed E-state index contributed by atoms with van der Waals surface area (Å²) in [5.41, 5.74) is 2.82. The van der Waals surface area contributed by atoms with Crippen LogP contribution in [-0.4, -0.2) is 25.6 Å². The van der Waals surface area contributed by atoms with Crippen LogP contribution in [-0.2, 0) is 7.05 Å². The quantitative estimate of drug-likeness (QED) is 0.488. The lowest BCUT2D eigenvalue weighted by atomic mass is 10.1. The first-order valence-electron chi connectivity index (χ1n) is 8.31. The van der Waals surface area contributed by atoms with E-state index in [1.165, 1.54) is 12.1 Å². The zero-order chi connectivity index (χ0) is 20.0. The minimum Gasteiger partial charge on any atom is -0.296 e. The van der Waals surface area contributed by atoms with Gasteiger partial charge >= 0.3 is 0 Å². The number of hydrogen-bond donors (Lipinski definition) is 0. The Morgan fingerprint density at radius 3 is 2.71 bits per heavy atom. The van der Waals surface area contributed by atoms with Crippen molar-refractivity contribution in [1.82, 2.24) is 19.3 Å². The van der Waals surface area contributed by atoms with Crippen molar-refractivity contribution >= 4 is 28.8 Å². The van der Waals surface area contributed by atoms with Crippen LogP contribution >= 0.6 is 11.6 Å². The molecule has 138 valence electrons. The Labute approximate surface area is 164 Å². The summed E-state index contributed by atoms with van der Waals surface area (Å²) in [6.45, 7) is 1.95. The lowest BCUT2D eigenvalue weighted by Crippen LogP contribution is -1.99. The number of carbonyl (C=O) groups excluding carboxylic acids is 1. The number of fused-ring (bicyclic) bond motifs is 1. The van der Waals surface area contributed by atoms with Crippen molar-refractivity contribution < 1.29 is 9.18 Å². The fourth-order valence-electron chi connectivity index (χ4n) is 3.12. The van der Waals surface area contributed by atoms with Crippen LogP contribution in [0, 0.1) is 24.1 Å². The Morgan fingerprint density at radius 2 is 2.04 bits per heavy atom. The molecule has 0 aliphatic carbocycles. The molecule has 0 saturated carbocycles. The van der Waals surface area contributed by atoms with Crippen LogP contribution in [0.4, 0.5) is 4.39 Å². The van der Waals surface area contributed by atoms with E-state index < -0.39 is 5.82 Å². The topological polar surface area (TPSA) is 76.5 Å². The molecular weight excluding hydrogens is 381 g/mol. The van der Waals surface area contributed by atoms with Gasteiger partial charge in [0.1, 0.15) is 28.6 Å². The maximum atomic E-state index is 14.2. The Kier molecular flexibility index (Phi) is 4.21. The number of nitrogens with zero attached hydrogens (tertiary/aromatic N) is 5. The summed E-state index contributed by atoms with van der Waals surface area (Å²) in [6, 6.07) is 11.5. The molecule has 0 bridgehead atoms. The molecule has 0 atom stereocenters. The minimum atomic E-state index is -0.670. The van der Waals surface area contributed by atoms with Crippen LogP contribution in [0.25, 0.3) is 28.0 Å². The molecule has 2 aromatic heterocycles. The van der Waals surface area contributed by atoms with E-state index in [0.717, 1.165) is 16.6 Å². The average molecular weight is 394 g/mol. The minimum absolute atomic E-state index is 0.0458. The van der Waals surface area contributed by atoms with E-state index in [1.807, 2.05) is 26.1 Å². The molecule has 0 aliphatic rings. The molecule has 0 spiro atoms. The molecule has 2 heterocycles. The Morgan fingerprint density at radius 1 is 1.25 bits per heavy atom. The van der Waals surface area contributed by atoms with E-state index in [2.05, 4.69) is 10.1 Å². The molecule has 0 fully saturated rings. The van der Waals surface area contributed by atoms with Gasteiger partial charge in [-0.1, -0.05) is 11.6 Å². The number of benzene rings is 2. The third-order valence-corrected chi connectivity index (χ3v) is 5.04. The Hall–Kier alpha value is -3.50. The van der Waals surface area contributed by atoms with Gasteiger partial charge in [0.05, 0.1) is 11.1 Å². The Bertz CT molecular complexity index is 1300. The first-order valence-corrected chi connectivity index (χ1v) is 8.69. The zero-order valence-corrected chi connectivity index (χ0v) is 15.7. The molecule has 0 radical (unpaired) electrons. The van der Waals surface area contributed by atoms with Crippen molar-refractivity contribution in [3.63, 3.8) is 0 Å². The number of nitriles is 1. The van der Waals surface area contributed by atoms with Crippen LogP contribution in [0.15, 0.2) is 36.4 Å². The summed E-state index contributed by atoms with van der Waals surface area (Å²) < 4.78 is 17.5. The van der Waals surface area contributed by atoms with Crippen molar-refractivity contribution in [2.45, 2.75) is 6.92 Å². The van der Waals surface area contributed by atoms with Gasteiger partial charge in [-0.25, -0.2) is 9.37 Å². The summed E-state index contributed by atoms with van der Waals surface area (Å²) >= 11 is 6.41. The van der Waals surface area contributed by atoms with Crippen LogP contribution in [0.5, 0.6) is 0 Å². The summed E-state index contributed by atoms with van der Waals surface area (Å²) in [6.07, 6.45) is 0.552. The summed E-state index contributed by atoms with van der Waals surface area (Å²) in [4.78, 5) is 15.7. The summed E-state index contributed by atoms with van der Waals surface area (Å²) in [5.74, 6) is -0.367. The standard InChI is InChI=1S/C20H13ClFN5O/c1-11-15-8-14(5-6-17(15)25-26(11)2)27-19(21)18(10-28)24-20(27)12-3-4-13(9-23)16(22)7-12/h3-8,10H,1-2H3. The summed E-state index contributed by atoms with van der Waals surface area (Å²) in [7, 11) is 1.86. The first kappa shape index (κ1) is 17.9. The second-order valence-corrected chi connectivity index (χ2v) is 6.64. The number of aryl methyl sites for hydroxylation is 2. The number of imidazole rings is 1. The molecule has 0 unspecified atom stereocenters. The van der Waals surface area contributed by atoms with Crippen LogP contribution < -0.4 is 0 Å². The molecule has 2 aromatic carbocycles. The van der Waals surface area contributed by atoms with E-state index >= 15 is 0 Å². The second kappa shape index (κ2) is 6.59. The molecule has 0 aliphatic heterocycles. The third kappa shape index (κ3) is 2.66. The maximum absolute atomic E-state index is 14.2. The zero-order valence-electron chi connectivity index (χ0n) is 14.9. The van der Waals surface area contributed by atoms with Gasteiger partial charge in [-0.05, 0) is 43.3 Å². The SMILES string of the molecule is Cc1c2cc(-n3c(-c4ccc(C#N)c(F)c4)nc(C=O)c3Cl)ccc2nn1C. The molecular formula is C20H13ClFN5O. The Balaban J connectivity index is 1.98. The van der Waals surface area contributed by atoms with Crippen molar-refractivity contribution in [3.05, 3.63) is 64.3 Å². The first-order chi connectivity index (χ1) is 13.4. The van der Waals surface area contributed by atoms with Gasteiger partial charge in [0.2, 0.25) is 0 Å². The van der Waals surface area contributed by atoms with Gasteiger partial charge in [-0.2, -0.15) is 10.4 Å². The summed E-state index contributed by atoms with van der Waals surface area (Å²) in [5, 5.41) is 14.4. The van der Waals surface area contributed by atoms with Gasteiger partial charge < -0.3 is 0 Å². The van der Waals surface area contributed by atoms with Crippen molar-refractivity contribution in [1.29, 1.82) is 5.26 Å². The molecule has 4 aromatic rings. The van der Waals surface area contributed by atoms with Gasteiger partial charge in [-0.3, -0.25) is 14.0 Å². The fourth-order valence-corrected chi connectivity index (χ4v) is 3.38. The lowest BCUT2D eigenvalue weighted by molar-refractivity contribution is 0.111. The number of aromatic nitrogens is 4. The van der Waals surface area contributed by atoms with E-state index in [0.29, 0.717) is 23.4 Å². The predicted octanol–water partition coefficient (Wildman–Crippen LogP) is 4.21. The second-order valence-electron chi connectivity index (χ2n) is 6.28. The number of halogens is 2. The molecule has 0 amide bonds. The molecule has 0 saturated heterocycles. The van der Waals surface area contributed by atoms with Crippen LogP contribution in [0.3, 0.4) is 0 Å². The predicted molar refractivity (Wildman–Crippen MR) is 103 cm³/mol. The molecule has 0 N–H and O–H groups in total. The van der Waals surface area contributed by atoms with E-state index in [-0.39, 0.29) is 16.4 Å². The highest BCUT2D eigenvalue weighted by atomic mass is 35.5. The molecule has 6 nitrogen and oxygen atoms in total. The number of carbonyl (C=O) groups is 1.